The number of nitrogens with zero attached hydrogens (tertiary/aromatic N) is 6. The van der Waals surface area contributed by atoms with Crippen LogP contribution >= 0.6 is 0 Å². The molecule has 0 aliphatic carbocycles. The average molecular weight is 354 g/mol. The molecule has 0 aliphatic rings. The van der Waals surface area contributed by atoms with E-state index in [1.807, 2.05) is 64.2 Å². The van der Waals surface area contributed by atoms with E-state index in [4.69, 9.17) is 0 Å². The van der Waals surface area contributed by atoms with E-state index in [0.717, 1.165) is 22.6 Å². The second-order valence-electron chi connectivity index (χ2n) is 7.20. The Morgan fingerprint density at radius 2 is 1.77 bits per heavy atom. The number of rotatable bonds is 4. The van der Waals surface area contributed by atoms with Gasteiger partial charge < -0.3 is 4.90 Å². The van der Waals surface area contributed by atoms with Crippen LogP contribution in [0.3, 0.4) is 0 Å². The second-order valence-corrected chi connectivity index (χ2v) is 7.20. The topological polar surface area (TPSA) is 68.3 Å². The van der Waals surface area contributed by atoms with Crippen molar-refractivity contribution in [3.05, 3.63) is 35.4 Å². The van der Waals surface area contributed by atoms with Crippen molar-refractivity contribution in [1.82, 2.24) is 29.3 Å². The molecule has 0 saturated carbocycles. The highest BCUT2D eigenvalue weighted by molar-refractivity contribution is 5.94. The van der Waals surface area contributed by atoms with Crippen LogP contribution in [0.5, 0.6) is 0 Å². The van der Waals surface area contributed by atoms with Crippen LogP contribution in [0, 0.1) is 13.8 Å². The van der Waals surface area contributed by atoms with Gasteiger partial charge in [-0.05, 0) is 47.6 Å². The fraction of sp³-hybridized carbons (Fsp3) is 0.474. The zero-order valence-corrected chi connectivity index (χ0v) is 16.5. The Hall–Kier alpha value is -2.70. The fourth-order valence-electron chi connectivity index (χ4n) is 3.53. The number of carbonyl (C=O) groups excluding carboxylic acids is 1. The van der Waals surface area contributed by atoms with Gasteiger partial charge in [-0.2, -0.15) is 10.2 Å². The lowest BCUT2D eigenvalue weighted by atomic mass is 10.1. The lowest BCUT2D eigenvalue weighted by molar-refractivity contribution is 0.0637. The summed E-state index contributed by atoms with van der Waals surface area (Å²) in [7, 11) is 1.92. The number of carbonyl (C=O) groups is 1. The van der Waals surface area contributed by atoms with E-state index < -0.39 is 0 Å². The molecule has 0 N–H and O–H groups in total. The highest BCUT2D eigenvalue weighted by atomic mass is 16.2. The van der Waals surface area contributed by atoms with E-state index in [1.54, 1.807) is 16.8 Å². The quantitative estimate of drug-likeness (QED) is 0.722. The molecule has 26 heavy (non-hydrogen) atoms. The summed E-state index contributed by atoms with van der Waals surface area (Å²) in [6.45, 7) is 12.1. The summed E-state index contributed by atoms with van der Waals surface area (Å²) < 4.78 is 3.59. The zero-order chi connectivity index (χ0) is 19.2. The summed E-state index contributed by atoms with van der Waals surface area (Å²) in [4.78, 5) is 19.2. The number of fused-ring (bicyclic) bond motifs is 1. The Balaban J connectivity index is 2.15. The van der Waals surface area contributed by atoms with Crippen LogP contribution in [0.4, 0.5) is 0 Å². The minimum absolute atomic E-state index is 0.0777. The highest BCUT2D eigenvalue weighted by Gasteiger charge is 2.25. The standard InChI is InChI=1S/C19H26N6O/c1-11(2)24(12(3)4)19(26)15-10-17-20-9-8-16(25(17)22-15)18-13(5)21-23(7)14(18)6/h8-12H,1-7H3. The number of hydrogen-bond acceptors (Lipinski definition) is 4. The Kier molecular flexibility index (Phi) is 4.56. The largest absolute Gasteiger partial charge is 0.332 e. The number of aromatic nitrogens is 5. The molecule has 0 atom stereocenters. The lowest BCUT2D eigenvalue weighted by Gasteiger charge is -2.29. The van der Waals surface area contributed by atoms with Crippen LogP contribution < -0.4 is 0 Å². The number of hydrogen-bond donors (Lipinski definition) is 0. The third-order valence-corrected chi connectivity index (χ3v) is 4.69. The molecular weight excluding hydrogens is 328 g/mol. The van der Waals surface area contributed by atoms with E-state index in [1.165, 1.54) is 0 Å². The molecule has 3 heterocycles. The van der Waals surface area contributed by atoms with E-state index in [2.05, 4.69) is 15.2 Å². The molecule has 0 saturated heterocycles. The van der Waals surface area contributed by atoms with Crippen molar-refractivity contribution in [2.75, 3.05) is 0 Å². The van der Waals surface area contributed by atoms with Crippen LogP contribution in [-0.2, 0) is 7.05 Å². The Morgan fingerprint density at radius 3 is 2.31 bits per heavy atom. The summed E-state index contributed by atoms with van der Waals surface area (Å²) in [5.74, 6) is -0.0777. The molecule has 7 heteroatoms. The van der Waals surface area contributed by atoms with Gasteiger partial charge in [-0.3, -0.25) is 9.48 Å². The summed E-state index contributed by atoms with van der Waals surface area (Å²) in [6.07, 6.45) is 1.75. The molecule has 3 rings (SSSR count). The normalized spacial score (nSPS) is 11.7. The van der Waals surface area contributed by atoms with Crippen LogP contribution in [0.2, 0.25) is 0 Å². The molecule has 0 spiro atoms. The van der Waals surface area contributed by atoms with E-state index in [-0.39, 0.29) is 18.0 Å². The predicted molar refractivity (Wildman–Crippen MR) is 101 cm³/mol. The van der Waals surface area contributed by atoms with Gasteiger partial charge in [-0.15, -0.1) is 0 Å². The molecule has 7 nitrogen and oxygen atoms in total. The maximum Gasteiger partial charge on any atom is 0.274 e. The van der Waals surface area contributed by atoms with Crippen molar-refractivity contribution >= 4 is 11.6 Å². The first kappa shape index (κ1) is 18.1. The molecule has 3 aromatic rings. The van der Waals surface area contributed by atoms with Crippen molar-refractivity contribution < 1.29 is 4.79 Å². The minimum Gasteiger partial charge on any atom is -0.332 e. The smallest absolute Gasteiger partial charge is 0.274 e. The molecule has 0 aromatic carbocycles. The Bertz CT molecular complexity index is 958. The highest BCUT2D eigenvalue weighted by Crippen LogP contribution is 2.27. The van der Waals surface area contributed by atoms with Crippen LogP contribution in [0.15, 0.2) is 18.3 Å². The van der Waals surface area contributed by atoms with Crippen LogP contribution in [0.1, 0.15) is 49.6 Å². The van der Waals surface area contributed by atoms with Gasteiger partial charge in [0.25, 0.3) is 5.91 Å². The average Bonchev–Trinajstić information content (AvgIpc) is 3.08. The van der Waals surface area contributed by atoms with Gasteiger partial charge in [-0.25, -0.2) is 9.50 Å². The Labute approximate surface area is 153 Å². The lowest BCUT2D eigenvalue weighted by Crippen LogP contribution is -2.42. The maximum atomic E-state index is 13.0. The van der Waals surface area contributed by atoms with Gasteiger partial charge in [0, 0.05) is 42.7 Å². The second kappa shape index (κ2) is 6.55. The van der Waals surface area contributed by atoms with E-state index in [0.29, 0.717) is 11.3 Å². The molecular formula is C19H26N6O. The molecule has 0 unspecified atom stereocenters. The maximum absolute atomic E-state index is 13.0. The monoisotopic (exact) mass is 354 g/mol. The first-order valence-corrected chi connectivity index (χ1v) is 8.90. The summed E-state index contributed by atoms with van der Waals surface area (Å²) in [6, 6.07) is 3.86. The van der Waals surface area contributed by atoms with Crippen molar-refractivity contribution in [3.63, 3.8) is 0 Å². The van der Waals surface area contributed by atoms with Crippen LogP contribution in [-0.4, -0.2) is 47.3 Å². The minimum atomic E-state index is -0.0777. The molecule has 0 bridgehead atoms. The van der Waals surface area contributed by atoms with E-state index >= 15 is 0 Å². The van der Waals surface area contributed by atoms with Crippen molar-refractivity contribution in [3.8, 4) is 11.3 Å². The van der Waals surface area contributed by atoms with Gasteiger partial charge in [0.15, 0.2) is 11.3 Å². The summed E-state index contributed by atoms with van der Waals surface area (Å²) >= 11 is 0. The SMILES string of the molecule is Cc1nn(C)c(C)c1-c1ccnc2cc(C(=O)N(C(C)C)C(C)C)nn12. The molecule has 3 aromatic heterocycles. The first-order chi connectivity index (χ1) is 12.2. The summed E-state index contributed by atoms with van der Waals surface area (Å²) in [5.41, 5.74) is 4.94. The van der Waals surface area contributed by atoms with Gasteiger partial charge in [0.1, 0.15) is 0 Å². The van der Waals surface area contributed by atoms with Crippen molar-refractivity contribution in [2.24, 2.45) is 7.05 Å². The molecule has 0 fully saturated rings. The predicted octanol–water partition coefficient (Wildman–Crippen LogP) is 3.01. The van der Waals surface area contributed by atoms with Gasteiger partial charge >= 0.3 is 0 Å². The summed E-state index contributed by atoms with van der Waals surface area (Å²) in [5, 5.41) is 9.08. The third kappa shape index (κ3) is 2.87. The number of aryl methyl sites for hydroxylation is 2. The molecule has 0 radical (unpaired) electrons. The first-order valence-electron chi connectivity index (χ1n) is 8.90. The zero-order valence-electron chi connectivity index (χ0n) is 16.5. The fourth-order valence-corrected chi connectivity index (χ4v) is 3.53. The Morgan fingerprint density at radius 1 is 1.12 bits per heavy atom. The third-order valence-electron chi connectivity index (χ3n) is 4.69. The molecule has 1 amide bonds. The molecule has 138 valence electrons. The number of amides is 1. The van der Waals surface area contributed by atoms with Gasteiger partial charge in [-0.1, -0.05) is 0 Å². The molecule has 0 aliphatic heterocycles. The van der Waals surface area contributed by atoms with Gasteiger partial charge in [0.2, 0.25) is 0 Å². The van der Waals surface area contributed by atoms with E-state index in [9.17, 15) is 4.79 Å². The van der Waals surface area contributed by atoms with Crippen LogP contribution in [0.25, 0.3) is 16.9 Å². The van der Waals surface area contributed by atoms with Crippen molar-refractivity contribution in [2.45, 2.75) is 53.6 Å². The van der Waals surface area contributed by atoms with Crippen molar-refractivity contribution in [1.29, 1.82) is 0 Å². The van der Waals surface area contributed by atoms with Gasteiger partial charge in [0.05, 0.1) is 11.4 Å².